The fourth-order valence-corrected chi connectivity index (χ4v) is 6.25. The number of thiophene rings is 1. The lowest BCUT2D eigenvalue weighted by molar-refractivity contribution is -0.132. The Hall–Kier alpha value is -3.75. The number of carbonyl (C=O) groups excluding carboxylic acids is 1. The van der Waals surface area contributed by atoms with Gasteiger partial charge >= 0.3 is 0 Å². The lowest BCUT2D eigenvalue weighted by atomic mass is 10.1. The molecule has 206 valence electrons. The van der Waals surface area contributed by atoms with Crippen LogP contribution in [0.3, 0.4) is 0 Å². The number of amides is 1. The number of aromatic hydroxyl groups is 1. The number of hydrogen-bond acceptors (Lipinski definition) is 10. The molecule has 2 aliphatic rings. The summed E-state index contributed by atoms with van der Waals surface area (Å²) >= 11 is 1.33. The molecule has 0 bridgehead atoms. The molecule has 1 aromatic carbocycles. The predicted molar refractivity (Wildman–Crippen MR) is 147 cm³/mol. The minimum atomic E-state index is -4.30. The van der Waals surface area contributed by atoms with E-state index in [1.54, 1.807) is 17.0 Å². The summed E-state index contributed by atoms with van der Waals surface area (Å²) in [7, 11) is -4.30. The molecule has 1 fully saturated rings. The monoisotopic (exact) mass is 572 g/mol. The second kappa shape index (κ2) is 10.8. The van der Waals surface area contributed by atoms with Crippen LogP contribution in [-0.4, -0.2) is 65.7 Å². The Morgan fingerprint density at radius 3 is 2.85 bits per heavy atom. The van der Waals surface area contributed by atoms with Gasteiger partial charge in [-0.15, -0.1) is 15.7 Å². The Bertz CT molecular complexity index is 1600. The van der Waals surface area contributed by atoms with E-state index in [2.05, 4.69) is 14.8 Å². The molecule has 5 rings (SSSR count). The van der Waals surface area contributed by atoms with Gasteiger partial charge in [0.2, 0.25) is 0 Å². The number of anilines is 1. The highest BCUT2D eigenvalue weighted by Crippen LogP contribution is 2.36. The number of rotatable bonds is 8. The van der Waals surface area contributed by atoms with E-state index in [1.807, 2.05) is 12.3 Å². The number of unbranched alkanes of at least 4 members (excludes halogenated alkanes) is 1. The van der Waals surface area contributed by atoms with Gasteiger partial charge in [0.25, 0.3) is 21.5 Å². The molecule has 1 amide bonds. The first kappa shape index (κ1) is 26.8. The van der Waals surface area contributed by atoms with Crippen molar-refractivity contribution in [3.8, 4) is 22.1 Å². The SMILES string of the molecule is CCCCn1nc(-c2cccs2)c(O)c(C2=NS(=O)(=O)c3cc(OCC(=O)N4CCC(N)C4)ccc3N2)c1=O. The molecule has 0 radical (unpaired) electrons. The maximum atomic E-state index is 13.3. The molecule has 1 atom stereocenters. The first-order valence-corrected chi connectivity index (χ1v) is 14.8. The molecule has 3 aromatic rings. The van der Waals surface area contributed by atoms with Gasteiger partial charge in [0.1, 0.15) is 21.9 Å². The summed E-state index contributed by atoms with van der Waals surface area (Å²) in [6.07, 6.45) is 2.19. The van der Waals surface area contributed by atoms with E-state index in [1.165, 1.54) is 34.2 Å². The number of aryl methyl sites for hydroxylation is 1. The Balaban J connectivity index is 1.47. The summed E-state index contributed by atoms with van der Waals surface area (Å²) < 4.78 is 37.0. The van der Waals surface area contributed by atoms with Crippen LogP contribution in [0.25, 0.3) is 10.6 Å². The van der Waals surface area contributed by atoms with Gasteiger partial charge in [-0.3, -0.25) is 9.59 Å². The first-order valence-electron chi connectivity index (χ1n) is 12.5. The number of nitrogens with one attached hydrogen (secondary N) is 1. The van der Waals surface area contributed by atoms with E-state index in [0.717, 1.165) is 12.8 Å². The molecular weight excluding hydrogens is 544 g/mol. The zero-order valence-electron chi connectivity index (χ0n) is 21.2. The minimum absolute atomic E-state index is 0.0575. The van der Waals surface area contributed by atoms with E-state index in [9.17, 15) is 23.1 Å². The number of nitrogens with two attached hydrogens (primary N) is 1. The Kier molecular flexibility index (Phi) is 7.42. The van der Waals surface area contributed by atoms with Crippen molar-refractivity contribution in [3.63, 3.8) is 0 Å². The zero-order chi connectivity index (χ0) is 27.7. The Labute approximate surface area is 228 Å². The second-order valence-electron chi connectivity index (χ2n) is 9.31. The number of fused-ring (bicyclic) bond motifs is 1. The van der Waals surface area contributed by atoms with Crippen LogP contribution in [0.1, 0.15) is 31.7 Å². The van der Waals surface area contributed by atoms with Crippen molar-refractivity contribution in [2.24, 2.45) is 10.1 Å². The van der Waals surface area contributed by atoms with Crippen LogP contribution in [0.4, 0.5) is 5.69 Å². The molecule has 4 N–H and O–H groups in total. The van der Waals surface area contributed by atoms with Gasteiger partial charge in [0.05, 0.1) is 10.6 Å². The third kappa shape index (κ3) is 5.40. The third-order valence-corrected chi connectivity index (χ3v) is 8.67. The highest BCUT2D eigenvalue weighted by Gasteiger charge is 2.31. The number of hydrogen-bond donors (Lipinski definition) is 3. The van der Waals surface area contributed by atoms with Gasteiger partial charge in [-0.25, -0.2) is 4.68 Å². The third-order valence-electron chi connectivity index (χ3n) is 6.48. The lowest BCUT2D eigenvalue weighted by Crippen LogP contribution is -2.35. The molecule has 1 saturated heterocycles. The van der Waals surface area contributed by atoms with Crippen molar-refractivity contribution in [2.45, 2.75) is 43.7 Å². The van der Waals surface area contributed by atoms with Crippen LogP contribution in [0.15, 0.2) is 49.8 Å². The molecule has 39 heavy (non-hydrogen) atoms. The number of ether oxygens (including phenoxy) is 1. The fourth-order valence-electron chi connectivity index (χ4n) is 4.40. The average molecular weight is 573 g/mol. The number of likely N-dealkylation sites (tertiary alicyclic amines) is 1. The number of aromatic nitrogens is 2. The van der Waals surface area contributed by atoms with E-state index >= 15 is 0 Å². The van der Waals surface area contributed by atoms with E-state index in [4.69, 9.17) is 10.5 Å². The number of benzene rings is 1. The second-order valence-corrected chi connectivity index (χ2v) is 11.8. The van der Waals surface area contributed by atoms with Crippen LogP contribution in [0, 0.1) is 0 Å². The minimum Gasteiger partial charge on any atom is -0.505 e. The quantitative estimate of drug-likeness (QED) is 0.365. The lowest BCUT2D eigenvalue weighted by Gasteiger charge is -2.21. The van der Waals surface area contributed by atoms with Gasteiger partial charge in [-0.05, 0) is 36.4 Å². The molecule has 0 aliphatic carbocycles. The van der Waals surface area contributed by atoms with Gasteiger partial charge in [-0.2, -0.15) is 13.5 Å². The molecule has 0 saturated carbocycles. The van der Waals surface area contributed by atoms with Crippen LogP contribution in [0.2, 0.25) is 0 Å². The highest BCUT2D eigenvalue weighted by molar-refractivity contribution is 7.90. The van der Waals surface area contributed by atoms with Crippen molar-refractivity contribution >= 4 is 38.8 Å². The number of amidine groups is 1. The zero-order valence-corrected chi connectivity index (χ0v) is 22.8. The summed E-state index contributed by atoms with van der Waals surface area (Å²) in [5.41, 5.74) is 5.22. The van der Waals surface area contributed by atoms with Crippen molar-refractivity contribution in [3.05, 3.63) is 51.6 Å². The molecular formula is C25H28N6O6S2. The van der Waals surface area contributed by atoms with Crippen molar-refractivity contribution < 1.29 is 23.1 Å². The van der Waals surface area contributed by atoms with E-state index in [0.29, 0.717) is 30.9 Å². The smallest absolute Gasteiger partial charge is 0.286 e. The summed E-state index contributed by atoms with van der Waals surface area (Å²) in [5, 5.41) is 20.1. The average Bonchev–Trinajstić information content (AvgIpc) is 3.59. The van der Waals surface area contributed by atoms with Crippen molar-refractivity contribution in [1.29, 1.82) is 0 Å². The molecule has 2 aliphatic heterocycles. The van der Waals surface area contributed by atoms with Crippen molar-refractivity contribution in [1.82, 2.24) is 14.7 Å². The molecule has 1 unspecified atom stereocenters. The molecule has 12 nitrogen and oxygen atoms in total. The summed E-state index contributed by atoms with van der Waals surface area (Å²) in [6.45, 7) is 3.01. The van der Waals surface area contributed by atoms with Gasteiger partial charge in [0.15, 0.2) is 18.2 Å². The normalized spacial score (nSPS) is 17.8. The maximum absolute atomic E-state index is 13.3. The van der Waals surface area contributed by atoms with Crippen molar-refractivity contribution in [2.75, 3.05) is 25.0 Å². The highest BCUT2D eigenvalue weighted by atomic mass is 32.2. The fraction of sp³-hybridized carbons (Fsp3) is 0.360. The molecule has 4 heterocycles. The van der Waals surface area contributed by atoms with Crippen LogP contribution >= 0.6 is 11.3 Å². The van der Waals surface area contributed by atoms with Gasteiger partial charge in [0, 0.05) is 31.7 Å². The van der Waals surface area contributed by atoms with Crippen LogP contribution in [-0.2, 0) is 21.4 Å². The maximum Gasteiger partial charge on any atom is 0.286 e. The van der Waals surface area contributed by atoms with Crippen LogP contribution < -0.4 is 21.3 Å². The van der Waals surface area contributed by atoms with Gasteiger partial charge in [-0.1, -0.05) is 19.4 Å². The number of nitrogens with zero attached hydrogens (tertiary/aromatic N) is 4. The standard InChI is InChI=1S/C25H28N6O6S2/c1-2-3-9-31-25(34)21(23(33)22(28-31)18-5-4-11-38-18)24-27-17-7-6-16(12-19(17)39(35,36)29-24)37-14-20(32)30-10-8-15(26)13-30/h4-7,11-12,15,33H,2-3,8-10,13-14,26H2,1H3,(H,27,29). The Morgan fingerprint density at radius 2 is 2.15 bits per heavy atom. The number of sulfonamides is 1. The largest absolute Gasteiger partial charge is 0.505 e. The first-order chi connectivity index (χ1) is 18.7. The van der Waals surface area contributed by atoms with E-state index < -0.39 is 21.3 Å². The number of carbonyl (C=O) groups is 1. The molecule has 0 spiro atoms. The summed E-state index contributed by atoms with van der Waals surface area (Å²) in [5.74, 6) is -0.829. The molecule has 14 heteroatoms. The topological polar surface area (TPSA) is 169 Å². The Morgan fingerprint density at radius 1 is 1.33 bits per heavy atom. The summed E-state index contributed by atoms with van der Waals surface area (Å²) in [6, 6.07) is 7.71. The van der Waals surface area contributed by atoms with Crippen LogP contribution in [0.5, 0.6) is 11.5 Å². The summed E-state index contributed by atoms with van der Waals surface area (Å²) in [4.78, 5) is 27.8. The van der Waals surface area contributed by atoms with E-state index in [-0.39, 0.29) is 52.0 Å². The molecule has 2 aromatic heterocycles. The predicted octanol–water partition coefficient (Wildman–Crippen LogP) is 1.98. The van der Waals surface area contributed by atoms with Gasteiger partial charge < -0.3 is 25.8 Å².